The summed E-state index contributed by atoms with van der Waals surface area (Å²) in [5, 5.41) is 12.0. The van der Waals surface area contributed by atoms with E-state index in [1.807, 2.05) is 24.3 Å². The van der Waals surface area contributed by atoms with Crippen LogP contribution in [0.3, 0.4) is 0 Å². The van der Waals surface area contributed by atoms with Crippen molar-refractivity contribution in [1.82, 2.24) is 10.2 Å². The molecule has 0 saturated carbocycles. The smallest absolute Gasteiger partial charge is 0.317 e. The van der Waals surface area contributed by atoms with Crippen molar-refractivity contribution in [3.63, 3.8) is 0 Å². The van der Waals surface area contributed by atoms with E-state index in [2.05, 4.69) is 21.2 Å². The van der Waals surface area contributed by atoms with Crippen molar-refractivity contribution in [2.75, 3.05) is 20.1 Å². The summed E-state index contributed by atoms with van der Waals surface area (Å²) in [6.45, 7) is 2.87. The molecule has 1 aromatic rings. The fourth-order valence-electron chi connectivity index (χ4n) is 1.62. The van der Waals surface area contributed by atoms with Crippen LogP contribution in [-0.2, 0) is 6.42 Å². The zero-order valence-corrected chi connectivity index (χ0v) is 13.0. The Morgan fingerprint density at radius 1 is 1.47 bits per heavy atom. The van der Waals surface area contributed by atoms with Crippen LogP contribution in [0.15, 0.2) is 28.7 Å². The SMILES string of the molecule is C[C@@H](O)CCN(C)C(=O)NCCc1ccccc1Br. The van der Waals surface area contributed by atoms with E-state index in [1.165, 1.54) is 5.56 Å². The maximum Gasteiger partial charge on any atom is 0.317 e. The number of benzene rings is 1. The number of hydrogen-bond donors (Lipinski definition) is 2. The number of nitrogens with zero attached hydrogens (tertiary/aromatic N) is 1. The number of carbonyl (C=O) groups is 1. The highest BCUT2D eigenvalue weighted by Gasteiger charge is 2.08. The average molecular weight is 329 g/mol. The maximum absolute atomic E-state index is 11.8. The van der Waals surface area contributed by atoms with Crippen LogP contribution in [0.4, 0.5) is 4.79 Å². The maximum atomic E-state index is 11.8. The van der Waals surface area contributed by atoms with Crippen molar-refractivity contribution in [1.29, 1.82) is 0 Å². The van der Waals surface area contributed by atoms with Crippen LogP contribution in [0.2, 0.25) is 0 Å². The second kappa shape index (κ2) is 8.17. The van der Waals surface area contributed by atoms with E-state index >= 15 is 0 Å². The summed E-state index contributed by atoms with van der Waals surface area (Å²) >= 11 is 3.48. The molecule has 4 nitrogen and oxygen atoms in total. The van der Waals surface area contributed by atoms with E-state index in [0.717, 1.165) is 10.9 Å². The Labute approximate surface area is 122 Å². The van der Waals surface area contributed by atoms with Crippen molar-refractivity contribution in [2.45, 2.75) is 25.9 Å². The Balaban J connectivity index is 2.29. The fraction of sp³-hybridized carbons (Fsp3) is 0.500. The molecule has 0 fully saturated rings. The summed E-state index contributed by atoms with van der Waals surface area (Å²) < 4.78 is 1.06. The van der Waals surface area contributed by atoms with Gasteiger partial charge >= 0.3 is 6.03 Å². The molecule has 2 amide bonds. The molecule has 0 aliphatic carbocycles. The number of nitrogens with one attached hydrogen (secondary N) is 1. The molecule has 0 unspecified atom stereocenters. The molecule has 19 heavy (non-hydrogen) atoms. The zero-order chi connectivity index (χ0) is 14.3. The Bertz CT molecular complexity index is 410. The lowest BCUT2D eigenvalue weighted by Gasteiger charge is -2.18. The van der Waals surface area contributed by atoms with Crippen molar-refractivity contribution in [3.8, 4) is 0 Å². The second-order valence-electron chi connectivity index (χ2n) is 4.63. The van der Waals surface area contributed by atoms with Crippen molar-refractivity contribution >= 4 is 22.0 Å². The Morgan fingerprint density at radius 3 is 2.79 bits per heavy atom. The number of aliphatic hydroxyl groups is 1. The standard InChI is InChI=1S/C14H21BrN2O2/c1-11(18)8-10-17(2)14(19)16-9-7-12-5-3-4-6-13(12)15/h3-6,11,18H,7-10H2,1-2H3,(H,16,19)/t11-/m1/s1. The highest BCUT2D eigenvalue weighted by Crippen LogP contribution is 2.15. The second-order valence-corrected chi connectivity index (χ2v) is 5.49. The molecule has 1 rings (SSSR count). The topological polar surface area (TPSA) is 52.6 Å². The van der Waals surface area contributed by atoms with E-state index in [9.17, 15) is 9.90 Å². The molecule has 1 atom stereocenters. The van der Waals surface area contributed by atoms with Crippen LogP contribution in [0.5, 0.6) is 0 Å². The van der Waals surface area contributed by atoms with Gasteiger partial charge in [-0.25, -0.2) is 4.79 Å². The van der Waals surface area contributed by atoms with E-state index < -0.39 is 0 Å². The molecule has 0 radical (unpaired) electrons. The summed E-state index contributed by atoms with van der Waals surface area (Å²) in [7, 11) is 1.73. The lowest BCUT2D eigenvalue weighted by Crippen LogP contribution is -2.39. The summed E-state index contributed by atoms with van der Waals surface area (Å²) in [5.41, 5.74) is 1.18. The minimum absolute atomic E-state index is 0.104. The van der Waals surface area contributed by atoms with Gasteiger partial charge in [0.1, 0.15) is 0 Å². The third-order valence-corrected chi connectivity index (χ3v) is 3.63. The first kappa shape index (κ1) is 16.0. The monoisotopic (exact) mass is 328 g/mol. The van der Waals surface area contributed by atoms with Gasteiger partial charge in [-0.15, -0.1) is 0 Å². The molecule has 0 heterocycles. The molecule has 0 aliphatic heterocycles. The Kier molecular flexibility index (Phi) is 6.87. The van der Waals surface area contributed by atoms with Gasteiger partial charge in [-0.1, -0.05) is 34.1 Å². The number of carbonyl (C=O) groups excluding carboxylic acids is 1. The van der Waals surface area contributed by atoms with Crippen molar-refractivity contribution in [2.24, 2.45) is 0 Å². The predicted octanol–water partition coefficient (Wildman–Crippen LogP) is 2.40. The fourth-order valence-corrected chi connectivity index (χ4v) is 2.11. The van der Waals surface area contributed by atoms with Gasteiger partial charge in [0.15, 0.2) is 0 Å². The minimum Gasteiger partial charge on any atom is -0.393 e. The van der Waals surface area contributed by atoms with Gasteiger partial charge in [-0.2, -0.15) is 0 Å². The van der Waals surface area contributed by atoms with Gasteiger partial charge < -0.3 is 15.3 Å². The lowest BCUT2D eigenvalue weighted by atomic mass is 10.1. The first-order chi connectivity index (χ1) is 9.00. The predicted molar refractivity (Wildman–Crippen MR) is 80.2 cm³/mol. The largest absolute Gasteiger partial charge is 0.393 e. The third-order valence-electron chi connectivity index (χ3n) is 2.86. The van der Waals surface area contributed by atoms with Gasteiger partial charge in [0, 0.05) is 24.6 Å². The molecule has 0 saturated heterocycles. The molecule has 0 aromatic heterocycles. The molecule has 1 aromatic carbocycles. The first-order valence-corrected chi connectivity index (χ1v) is 7.20. The number of hydrogen-bond acceptors (Lipinski definition) is 2. The van der Waals surface area contributed by atoms with Crippen LogP contribution >= 0.6 is 15.9 Å². The lowest BCUT2D eigenvalue weighted by molar-refractivity contribution is 0.163. The van der Waals surface area contributed by atoms with E-state index in [-0.39, 0.29) is 12.1 Å². The molecule has 5 heteroatoms. The normalized spacial score (nSPS) is 12.0. The van der Waals surface area contributed by atoms with Gasteiger partial charge in [0.2, 0.25) is 0 Å². The highest BCUT2D eigenvalue weighted by molar-refractivity contribution is 9.10. The van der Waals surface area contributed by atoms with Gasteiger partial charge in [-0.3, -0.25) is 0 Å². The van der Waals surface area contributed by atoms with Gasteiger partial charge in [-0.05, 0) is 31.4 Å². The summed E-state index contributed by atoms with van der Waals surface area (Å²) in [6, 6.07) is 7.87. The number of aliphatic hydroxyl groups excluding tert-OH is 1. The third kappa shape index (κ3) is 6.07. The molecule has 0 aliphatic rings. The summed E-state index contributed by atoms with van der Waals surface area (Å²) in [5.74, 6) is 0. The number of rotatable bonds is 6. The number of halogens is 1. The molecule has 106 valence electrons. The quantitative estimate of drug-likeness (QED) is 0.842. The number of urea groups is 1. The molecular formula is C14H21BrN2O2. The molecule has 0 bridgehead atoms. The Morgan fingerprint density at radius 2 is 2.16 bits per heavy atom. The zero-order valence-electron chi connectivity index (χ0n) is 11.4. The molecular weight excluding hydrogens is 308 g/mol. The van der Waals surface area contributed by atoms with E-state index in [0.29, 0.717) is 19.5 Å². The van der Waals surface area contributed by atoms with Crippen molar-refractivity contribution < 1.29 is 9.90 Å². The van der Waals surface area contributed by atoms with Crippen LogP contribution < -0.4 is 5.32 Å². The number of amides is 2. The van der Waals surface area contributed by atoms with Crippen LogP contribution in [-0.4, -0.2) is 42.3 Å². The summed E-state index contributed by atoms with van der Waals surface area (Å²) in [6.07, 6.45) is 1.00. The molecule has 0 spiro atoms. The van der Waals surface area contributed by atoms with Crippen LogP contribution in [0.1, 0.15) is 18.9 Å². The average Bonchev–Trinajstić information content (AvgIpc) is 2.38. The highest BCUT2D eigenvalue weighted by atomic mass is 79.9. The van der Waals surface area contributed by atoms with Crippen molar-refractivity contribution in [3.05, 3.63) is 34.3 Å². The summed E-state index contributed by atoms with van der Waals surface area (Å²) in [4.78, 5) is 13.3. The first-order valence-electron chi connectivity index (χ1n) is 6.41. The van der Waals surface area contributed by atoms with E-state index in [4.69, 9.17) is 0 Å². The van der Waals surface area contributed by atoms with Gasteiger partial charge in [0.25, 0.3) is 0 Å². The Hall–Kier alpha value is -1.07. The minimum atomic E-state index is -0.379. The van der Waals surface area contributed by atoms with Crippen LogP contribution in [0, 0.1) is 0 Å². The van der Waals surface area contributed by atoms with Crippen LogP contribution in [0.25, 0.3) is 0 Å². The molecule has 2 N–H and O–H groups in total. The van der Waals surface area contributed by atoms with Gasteiger partial charge in [0.05, 0.1) is 6.10 Å². The van der Waals surface area contributed by atoms with E-state index in [1.54, 1.807) is 18.9 Å².